The molecule has 0 N–H and O–H groups in total. The summed E-state index contributed by atoms with van der Waals surface area (Å²) in [6, 6.07) is 0. The minimum absolute atomic E-state index is 0.0628. The van der Waals surface area contributed by atoms with Gasteiger partial charge >= 0.3 is 0 Å². The van der Waals surface area contributed by atoms with Crippen molar-refractivity contribution in [1.82, 2.24) is 0 Å². The van der Waals surface area contributed by atoms with E-state index in [1.807, 2.05) is 0 Å². The predicted octanol–water partition coefficient (Wildman–Crippen LogP) is 1.32. The Morgan fingerprint density at radius 1 is 1.23 bits per heavy atom. The van der Waals surface area contributed by atoms with Gasteiger partial charge in [-0.3, -0.25) is 4.79 Å². The van der Waals surface area contributed by atoms with Crippen LogP contribution in [0.5, 0.6) is 0 Å². The lowest BCUT2D eigenvalue weighted by atomic mass is 9.83. The lowest BCUT2D eigenvalue weighted by Gasteiger charge is -2.34. The average molecular weight is 183 g/mol. The molecule has 0 aromatic rings. The number of ether oxygens (including phenoxy) is 2. The summed E-state index contributed by atoms with van der Waals surface area (Å²) >= 11 is 0. The molecule has 0 bridgehead atoms. The highest BCUT2D eigenvalue weighted by Gasteiger charge is 2.41. The normalized spacial score (nSPS) is 28.1. The first-order valence-corrected chi connectivity index (χ1v) is 4.86. The van der Waals surface area contributed by atoms with Crippen molar-refractivity contribution in [2.24, 2.45) is 5.92 Å². The van der Waals surface area contributed by atoms with E-state index in [2.05, 4.69) is 6.92 Å². The zero-order chi connectivity index (χ0) is 9.31. The summed E-state index contributed by atoms with van der Waals surface area (Å²) < 4.78 is 11.1. The van der Waals surface area contributed by atoms with Crippen LogP contribution in [0.15, 0.2) is 0 Å². The first-order chi connectivity index (χ1) is 6.22. The van der Waals surface area contributed by atoms with Crippen molar-refractivity contribution in [1.29, 1.82) is 0 Å². The zero-order valence-corrected chi connectivity index (χ0v) is 7.75. The molecule has 1 saturated carbocycles. The molecular formula is C10H15O3. The van der Waals surface area contributed by atoms with Crippen molar-refractivity contribution in [3.63, 3.8) is 0 Å². The van der Waals surface area contributed by atoms with Crippen molar-refractivity contribution >= 4 is 5.78 Å². The maximum Gasteiger partial charge on any atom is 0.168 e. The van der Waals surface area contributed by atoms with E-state index in [4.69, 9.17) is 9.47 Å². The number of Topliss-reactive ketones (excluding diaryl/α,β-unsaturated/α-hetero) is 1. The minimum Gasteiger partial charge on any atom is -0.348 e. The van der Waals surface area contributed by atoms with Gasteiger partial charge in [-0.25, -0.2) is 0 Å². The molecule has 1 heterocycles. The van der Waals surface area contributed by atoms with Crippen molar-refractivity contribution < 1.29 is 14.3 Å². The standard InChI is InChI=1S/C10H15O3/c1-8(11)9-2-4-10(5-3-9)12-6-7-13-10/h9H,1-7H2. The Hall–Kier alpha value is -0.410. The van der Waals surface area contributed by atoms with E-state index in [1.165, 1.54) is 0 Å². The second-order valence-electron chi connectivity index (χ2n) is 3.85. The quantitative estimate of drug-likeness (QED) is 0.615. The largest absolute Gasteiger partial charge is 0.348 e. The molecule has 0 unspecified atom stereocenters. The van der Waals surface area contributed by atoms with Gasteiger partial charge in [0.05, 0.1) is 13.2 Å². The summed E-state index contributed by atoms with van der Waals surface area (Å²) in [4.78, 5) is 11.0. The molecule has 2 aliphatic rings. The summed E-state index contributed by atoms with van der Waals surface area (Å²) in [6.07, 6.45) is 3.42. The van der Waals surface area contributed by atoms with Crippen LogP contribution in [0.2, 0.25) is 0 Å². The molecule has 0 aromatic carbocycles. The van der Waals surface area contributed by atoms with Crippen LogP contribution in [0.4, 0.5) is 0 Å². The maximum atomic E-state index is 11.0. The van der Waals surface area contributed by atoms with Gasteiger partial charge in [0.2, 0.25) is 0 Å². The zero-order valence-electron chi connectivity index (χ0n) is 7.75. The molecule has 0 aromatic heterocycles. The van der Waals surface area contributed by atoms with Crippen molar-refractivity contribution in [2.75, 3.05) is 13.2 Å². The molecule has 3 nitrogen and oxygen atoms in total. The molecule has 73 valence electrons. The molecule has 1 radical (unpaired) electrons. The van der Waals surface area contributed by atoms with Crippen molar-refractivity contribution in [2.45, 2.75) is 31.5 Å². The van der Waals surface area contributed by atoms with Gasteiger partial charge < -0.3 is 9.47 Å². The van der Waals surface area contributed by atoms with Crippen molar-refractivity contribution in [3.05, 3.63) is 6.92 Å². The number of ketones is 1. The first kappa shape index (κ1) is 9.16. The summed E-state index contributed by atoms with van der Waals surface area (Å²) in [5.74, 6) is -0.141. The second-order valence-corrected chi connectivity index (χ2v) is 3.85. The van der Waals surface area contributed by atoms with Gasteiger partial charge in [0.25, 0.3) is 0 Å². The van der Waals surface area contributed by atoms with E-state index in [0.717, 1.165) is 25.7 Å². The number of hydrogen-bond acceptors (Lipinski definition) is 3. The Kier molecular flexibility index (Phi) is 2.39. The highest BCUT2D eigenvalue weighted by molar-refractivity contribution is 5.84. The average Bonchev–Trinajstić information content (AvgIpc) is 2.54. The molecule has 1 saturated heterocycles. The van der Waals surface area contributed by atoms with Gasteiger partial charge in [-0.1, -0.05) is 0 Å². The fourth-order valence-corrected chi connectivity index (χ4v) is 2.17. The smallest absolute Gasteiger partial charge is 0.168 e. The lowest BCUT2D eigenvalue weighted by molar-refractivity contribution is -0.182. The monoisotopic (exact) mass is 183 g/mol. The molecule has 3 heteroatoms. The summed E-state index contributed by atoms with van der Waals surface area (Å²) in [5.41, 5.74) is 0. The summed E-state index contributed by atoms with van der Waals surface area (Å²) in [6.45, 7) is 4.85. The van der Waals surface area contributed by atoms with E-state index < -0.39 is 0 Å². The lowest BCUT2D eigenvalue weighted by Crippen LogP contribution is -2.36. The predicted molar refractivity (Wildman–Crippen MR) is 47.0 cm³/mol. The topological polar surface area (TPSA) is 35.5 Å². The van der Waals surface area contributed by atoms with E-state index in [0.29, 0.717) is 13.2 Å². The van der Waals surface area contributed by atoms with Gasteiger partial charge in [0.1, 0.15) is 5.78 Å². The van der Waals surface area contributed by atoms with Gasteiger partial charge in [-0.05, 0) is 12.8 Å². The van der Waals surface area contributed by atoms with Crippen LogP contribution >= 0.6 is 0 Å². The fraction of sp³-hybridized carbons (Fsp3) is 0.800. The molecule has 1 spiro atoms. The first-order valence-electron chi connectivity index (χ1n) is 4.86. The van der Waals surface area contributed by atoms with E-state index in [9.17, 15) is 4.79 Å². The second kappa shape index (κ2) is 3.39. The molecule has 2 rings (SSSR count). The van der Waals surface area contributed by atoms with Crippen LogP contribution in [0, 0.1) is 12.8 Å². The highest BCUT2D eigenvalue weighted by Crippen LogP contribution is 2.38. The molecular weight excluding hydrogens is 168 g/mol. The number of carbonyl (C=O) groups is 1. The third-order valence-corrected chi connectivity index (χ3v) is 3.02. The van der Waals surface area contributed by atoms with Gasteiger partial charge in [0, 0.05) is 25.7 Å². The van der Waals surface area contributed by atoms with Gasteiger partial charge in [0.15, 0.2) is 5.79 Å². The van der Waals surface area contributed by atoms with E-state index >= 15 is 0 Å². The SMILES string of the molecule is [CH2]C(=O)C1CCC2(CC1)OCCO2. The highest BCUT2D eigenvalue weighted by atomic mass is 16.7. The molecule has 0 atom stereocenters. The van der Waals surface area contributed by atoms with E-state index in [1.54, 1.807) is 0 Å². The van der Waals surface area contributed by atoms with Crippen LogP contribution in [0.3, 0.4) is 0 Å². The molecule has 2 fully saturated rings. The van der Waals surface area contributed by atoms with Crippen molar-refractivity contribution in [3.8, 4) is 0 Å². The van der Waals surface area contributed by atoms with Crippen LogP contribution in [0.1, 0.15) is 25.7 Å². The van der Waals surface area contributed by atoms with Gasteiger partial charge in [-0.15, -0.1) is 0 Å². The number of carbonyl (C=O) groups excluding carboxylic acids is 1. The Labute approximate surface area is 78.4 Å². The molecule has 13 heavy (non-hydrogen) atoms. The molecule has 1 aliphatic heterocycles. The Bertz CT molecular complexity index is 196. The van der Waals surface area contributed by atoms with Gasteiger partial charge in [-0.2, -0.15) is 0 Å². The minimum atomic E-state index is -0.341. The Balaban J connectivity index is 1.91. The number of hydrogen-bond donors (Lipinski definition) is 0. The molecule has 1 aliphatic carbocycles. The van der Waals surface area contributed by atoms with Crippen LogP contribution in [-0.4, -0.2) is 24.8 Å². The third kappa shape index (κ3) is 1.76. The fourth-order valence-electron chi connectivity index (χ4n) is 2.17. The summed E-state index contributed by atoms with van der Waals surface area (Å²) in [7, 11) is 0. The van der Waals surface area contributed by atoms with E-state index in [-0.39, 0.29) is 17.5 Å². The maximum absolute atomic E-state index is 11.0. The number of rotatable bonds is 1. The third-order valence-electron chi connectivity index (χ3n) is 3.02. The molecule has 0 amide bonds. The van der Waals surface area contributed by atoms with Crippen LogP contribution < -0.4 is 0 Å². The summed E-state index contributed by atoms with van der Waals surface area (Å²) in [5, 5.41) is 0. The van der Waals surface area contributed by atoms with Crippen LogP contribution in [0.25, 0.3) is 0 Å². The van der Waals surface area contributed by atoms with Crippen LogP contribution in [-0.2, 0) is 14.3 Å². The Morgan fingerprint density at radius 2 is 1.77 bits per heavy atom. The Morgan fingerprint density at radius 3 is 2.23 bits per heavy atom.